The number of amides is 1. The molecule has 0 fully saturated rings. The van der Waals surface area contributed by atoms with Gasteiger partial charge in [0.25, 0.3) is 5.91 Å². The molecule has 1 N–H and O–H groups in total. The minimum Gasteiger partial charge on any atom is -0.454 e. The predicted octanol–water partition coefficient (Wildman–Crippen LogP) is 4.51. The first kappa shape index (κ1) is 21.0. The van der Waals surface area contributed by atoms with Gasteiger partial charge in [0.05, 0.1) is 16.8 Å². The third kappa shape index (κ3) is 6.10. The summed E-state index contributed by atoms with van der Waals surface area (Å²) in [6.45, 7) is 3.94. The Bertz CT molecular complexity index is 935. The number of benzene rings is 2. The molecule has 0 aliphatic rings. The van der Waals surface area contributed by atoms with E-state index in [9.17, 15) is 9.59 Å². The average Bonchev–Trinajstić information content (AvgIpc) is 3.15. The third-order valence-corrected chi connectivity index (χ3v) is 5.53. The van der Waals surface area contributed by atoms with Crippen molar-refractivity contribution in [1.29, 1.82) is 0 Å². The second-order valence-electron chi connectivity index (χ2n) is 6.71. The lowest BCUT2D eigenvalue weighted by Crippen LogP contribution is -2.22. The van der Waals surface area contributed by atoms with E-state index in [1.54, 1.807) is 0 Å². The molecule has 1 heterocycles. The molecule has 1 aromatic heterocycles. The Balaban J connectivity index is 1.36. The van der Waals surface area contributed by atoms with Gasteiger partial charge >= 0.3 is 5.97 Å². The lowest BCUT2D eigenvalue weighted by Gasteiger charge is -2.10. The van der Waals surface area contributed by atoms with Gasteiger partial charge in [0, 0.05) is 5.69 Å². The number of rotatable bonds is 9. The molecular formula is C22H24N2O4S. The molecule has 3 aromatic rings. The van der Waals surface area contributed by atoms with Gasteiger partial charge in [0.15, 0.2) is 6.61 Å². The van der Waals surface area contributed by atoms with E-state index in [0.29, 0.717) is 11.6 Å². The lowest BCUT2D eigenvalue weighted by atomic mass is 9.99. The van der Waals surface area contributed by atoms with Crippen molar-refractivity contribution < 1.29 is 19.1 Å². The normalized spacial score (nSPS) is 11.9. The van der Waals surface area contributed by atoms with E-state index in [1.807, 2.05) is 48.5 Å². The molecule has 0 saturated heterocycles. The van der Waals surface area contributed by atoms with Crippen LogP contribution in [0, 0.1) is 0 Å². The van der Waals surface area contributed by atoms with Crippen LogP contribution in [0.5, 0.6) is 0 Å². The molecule has 1 amide bonds. The number of anilines is 1. The van der Waals surface area contributed by atoms with Gasteiger partial charge in [-0.2, -0.15) is 0 Å². The van der Waals surface area contributed by atoms with Crippen LogP contribution >= 0.6 is 11.3 Å². The van der Waals surface area contributed by atoms with Gasteiger partial charge in [0.1, 0.15) is 11.6 Å². The summed E-state index contributed by atoms with van der Waals surface area (Å²) >= 11 is 1.52. The highest BCUT2D eigenvalue weighted by molar-refractivity contribution is 7.18. The highest BCUT2D eigenvalue weighted by Crippen LogP contribution is 2.22. The fourth-order valence-electron chi connectivity index (χ4n) is 2.72. The van der Waals surface area contributed by atoms with Crippen LogP contribution in [0.4, 0.5) is 5.69 Å². The maximum absolute atomic E-state index is 11.9. The van der Waals surface area contributed by atoms with Crippen LogP contribution in [-0.2, 0) is 25.7 Å². The van der Waals surface area contributed by atoms with Gasteiger partial charge in [-0.1, -0.05) is 38.1 Å². The largest absolute Gasteiger partial charge is 0.454 e. The Morgan fingerprint density at radius 3 is 2.59 bits per heavy atom. The first-order valence-corrected chi connectivity index (χ1v) is 10.3. The molecule has 0 aliphatic heterocycles. The fraction of sp³-hybridized carbons (Fsp3) is 0.318. The Morgan fingerprint density at radius 1 is 1.10 bits per heavy atom. The Morgan fingerprint density at radius 2 is 1.86 bits per heavy atom. The number of aromatic nitrogens is 1. The third-order valence-electron chi connectivity index (χ3n) is 4.52. The van der Waals surface area contributed by atoms with Crippen molar-refractivity contribution in [1.82, 2.24) is 4.98 Å². The number of nitrogens with one attached hydrogen (secondary N) is 1. The number of hydrogen-bond acceptors (Lipinski definition) is 6. The zero-order chi connectivity index (χ0) is 20.6. The van der Waals surface area contributed by atoms with Crippen LogP contribution in [0.2, 0.25) is 0 Å². The number of nitrogens with zero attached hydrogens (tertiary/aromatic N) is 1. The second-order valence-corrected chi connectivity index (χ2v) is 7.82. The zero-order valence-corrected chi connectivity index (χ0v) is 17.3. The van der Waals surface area contributed by atoms with E-state index >= 15 is 0 Å². The van der Waals surface area contributed by atoms with Crippen LogP contribution in [0.25, 0.3) is 10.2 Å². The monoisotopic (exact) mass is 412 g/mol. The molecule has 2 aromatic carbocycles. The summed E-state index contributed by atoms with van der Waals surface area (Å²) < 4.78 is 11.4. The second kappa shape index (κ2) is 10.1. The topological polar surface area (TPSA) is 77.5 Å². The number of ether oxygens (including phenoxy) is 2. The maximum Gasteiger partial charge on any atom is 0.332 e. The molecule has 0 radical (unpaired) electrons. The first-order valence-electron chi connectivity index (χ1n) is 9.52. The highest BCUT2D eigenvalue weighted by atomic mass is 32.1. The van der Waals surface area contributed by atoms with Crippen LogP contribution in [0.1, 0.15) is 36.8 Å². The minimum absolute atomic E-state index is 0.225. The summed E-state index contributed by atoms with van der Waals surface area (Å²) in [7, 11) is 0. The Kier molecular flexibility index (Phi) is 7.32. The molecule has 152 valence electrons. The van der Waals surface area contributed by atoms with Crippen molar-refractivity contribution in [3.05, 3.63) is 59.1 Å². The summed E-state index contributed by atoms with van der Waals surface area (Å²) in [5.41, 5.74) is 2.81. The van der Waals surface area contributed by atoms with Gasteiger partial charge in [-0.3, -0.25) is 4.79 Å². The van der Waals surface area contributed by atoms with E-state index < -0.39 is 5.97 Å². The number of carbonyl (C=O) groups excluding carboxylic acids is 2. The number of esters is 1. The van der Waals surface area contributed by atoms with Crippen molar-refractivity contribution in [2.45, 2.75) is 32.8 Å². The quantitative estimate of drug-likeness (QED) is 0.523. The van der Waals surface area contributed by atoms with Crippen LogP contribution in [-0.4, -0.2) is 30.1 Å². The summed E-state index contributed by atoms with van der Waals surface area (Å²) in [5, 5.41) is 3.50. The van der Waals surface area contributed by atoms with Crippen molar-refractivity contribution in [2.75, 3.05) is 18.5 Å². The molecule has 0 unspecified atom stereocenters. The molecule has 1 atom stereocenters. The number of thiazole rings is 1. The molecule has 7 heteroatoms. The molecular weight excluding hydrogens is 388 g/mol. The van der Waals surface area contributed by atoms with E-state index in [-0.39, 0.29) is 25.7 Å². The van der Waals surface area contributed by atoms with E-state index in [0.717, 1.165) is 21.6 Å². The Labute approximate surface area is 173 Å². The van der Waals surface area contributed by atoms with Crippen LogP contribution in [0.3, 0.4) is 0 Å². The zero-order valence-electron chi connectivity index (χ0n) is 16.5. The van der Waals surface area contributed by atoms with E-state index in [1.165, 1.54) is 16.9 Å². The maximum atomic E-state index is 11.9. The van der Waals surface area contributed by atoms with Gasteiger partial charge < -0.3 is 14.8 Å². The molecule has 0 aliphatic carbocycles. The molecule has 6 nitrogen and oxygen atoms in total. The van der Waals surface area contributed by atoms with Crippen LogP contribution < -0.4 is 5.32 Å². The van der Waals surface area contributed by atoms with Gasteiger partial charge in [-0.05, 0) is 42.2 Å². The molecule has 0 bridgehead atoms. The minimum atomic E-state index is -0.589. The predicted molar refractivity (Wildman–Crippen MR) is 114 cm³/mol. The number of para-hydroxylation sites is 1. The van der Waals surface area contributed by atoms with Crippen molar-refractivity contribution >= 4 is 39.1 Å². The van der Waals surface area contributed by atoms with Crippen molar-refractivity contribution in [3.63, 3.8) is 0 Å². The van der Waals surface area contributed by atoms with E-state index in [4.69, 9.17) is 9.47 Å². The van der Waals surface area contributed by atoms with Gasteiger partial charge in [-0.15, -0.1) is 11.3 Å². The summed E-state index contributed by atoms with van der Waals surface area (Å²) in [5.74, 6) is -0.502. The molecule has 0 spiro atoms. The summed E-state index contributed by atoms with van der Waals surface area (Å²) in [4.78, 5) is 28.2. The number of carbonyl (C=O) groups is 2. The molecule has 0 saturated carbocycles. The molecule has 3 rings (SSSR count). The Hall–Kier alpha value is -2.77. The average molecular weight is 413 g/mol. The fourth-order valence-corrected chi connectivity index (χ4v) is 3.62. The van der Waals surface area contributed by atoms with Gasteiger partial charge in [-0.25, -0.2) is 9.78 Å². The van der Waals surface area contributed by atoms with Crippen molar-refractivity contribution in [3.8, 4) is 0 Å². The summed E-state index contributed by atoms with van der Waals surface area (Å²) in [6.07, 6.45) is 1.06. The van der Waals surface area contributed by atoms with Crippen molar-refractivity contribution in [2.24, 2.45) is 0 Å². The number of hydrogen-bond donors (Lipinski definition) is 1. The highest BCUT2D eigenvalue weighted by Gasteiger charge is 2.10. The SMILES string of the molecule is CC[C@@H](C)c1ccc(NC(=O)COC(=O)COCc2nc3ccccc3s2)cc1. The smallest absolute Gasteiger partial charge is 0.332 e. The standard InChI is InChI=1S/C22H24N2O4S/c1-3-15(2)16-8-10-17(11-9-16)23-20(25)12-28-22(26)14-27-13-21-24-18-6-4-5-7-19(18)29-21/h4-11,15H,3,12-14H2,1-2H3,(H,23,25)/t15-/m1/s1. The van der Waals surface area contributed by atoms with E-state index in [2.05, 4.69) is 24.1 Å². The summed E-state index contributed by atoms with van der Waals surface area (Å²) in [6, 6.07) is 15.5. The van der Waals surface area contributed by atoms with Crippen LogP contribution in [0.15, 0.2) is 48.5 Å². The number of fused-ring (bicyclic) bond motifs is 1. The first-order chi connectivity index (χ1) is 14.0. The lowest BCUT2D eigenvalue weighted by molar-refractivity contribution is -0.152. The van der Waals surface area contributed by atoms with Gasteiger partial charge in [0.2, 0.25) is 0 Å². The molecule has 29 heavy (non-hydrogen) atoms.